The SMILES string of the molecule is Cn1c(C2COCC2N)nc2ccc(F)cc21. The molecule has 2 heterocycles. The van der Waals surface area contributed by atoms with Gasteiger partial charge in [0, 0.05) is 13.1 Å². The molecule has 1 saturated heterocycles. The van der Waals surface area contributed by atoms with Gasteiger partial charge in [0.05, 0.1) is 30.2 Å². The molecule has 0 amide bonds. The summed E-state index contributed by atoms with van der Waals surface area (Å²) in [5, 5.41) is 0. The van der Waals surface area contributed by atoms with Crippen molar-refractivity contribution >= 4 is 11.0 Å². The highest BCUT2D eigenvalue weighted by Crippen LogP contribution is 2.26. The minimum absolute atomic E-state index is 0.0321. The molecule has 17 heavy (non-hydrogen) atoms. The van der Waals surface area contributed by atoms with Gasteiger partial charge in [0.25, 0.3) is 0 Å². The molecule has 1 aliphatic rings. The number of benzene rings is 1. The summed E-state index contributed by atoms with van der Waals surface area (Å²) in [4.78, 5) is 4.52. The second-order valence-corrected chi connectivity index (χ2v) is 4.47. The monoisotopic (exact) mass is 235 g/mol. The molecule has 1 aliphatic heterocycles. The molecule has 1 aromatic heterocycles. The number of rotatable bonds is 1. The van der Waals surface area contributed by atoms with E-state index in [1.165, 1.54) is 12.1 Å². The van der Waals surface area contributed by atoms with E-state index in [0.717, 1.165) is 16.9 Å². The predicted octanol–water partition coefficient (Wildman–Crippen LogP) is 1.15. The molecule has 2 atom stereocenters. The number of ether oxygens (including phenoxy) is 1. The van der Waals surface area contributed by atoms with Crippen molar-refractivity contribution in [1.82, 2.24) is 9.55 Å². The average molecular weight is 235 g/mol. The van der Waals surface area contributed by atoms with Crippen LogP contribution in [0.25, 0.3) is 11.0 Å². The first-order valence-corrected chi connectivity index (χ1v) is 5.62. The Morgan fingerprint density at radius 1 is 1.47 bits per heavy atom. The first-order valence-electron chi connectivity index (χ1n) is 5.62. The van der Waals surface area contributed by atoms with Crippen LogP contribution in [-0.4, -0.2) is 28.8 Å². The van der Waals surface area contributed by atoms with Crippen LogP contribution in [0.15, 0.2) is 18.2 Å². The van der Waals surface area contributed by atoms with E-state index < -0.39 is 0 Å². The van der Waals surface area contributed by atoms with Gasteiger partial charge in [-0.05, 0) is 18.2 Å². The third-order valence-electron chi connectivity index (χ3n) is 3.33. The number of aryl methyl sites for hydroxylation is 1. The number of halogens is 1. The Hall–Kier alpha value is -1.46. The second kappa shape index (κ2) is 3.78. The topological polar surface area (TPSA) is 53.1 Å². The van der Waals surface area contributed by atoms with Crippen LogP contribution < -0.4 is 5.73 Å². The third-order valence-corrected chi connectivity index (χ3v) is 3.33. The number of hydrogen-bond acceptors (Lipinski definition) is 3. The van der Waals surface area contributed by atoms with E-state index >= 15 is 0 Å². The van der Waals surface area contributed by atoms with E-state index in [4.69, 9.17) is 10.5 Å². The van der Waals surface area contributed by atoms with Crippen molar-refractivity contribution < 1.29 is 9.13 Å². The van der Waals surface area contributed by atoms with Crippen molar-refractivity contribution in [2.75, 3.05) is 13.2 Å². The highest BCUT2D eigenvalue weighted by molar-refractivity contribution is 5.76. The van der Waals surface area contributed by atoms with Crippen LogP contribution in [0.1, 0.15) is 11.7 Å². The van der Waals surface area contributed by atoms with Crippen LogP contribution in [0.2, 0.25) is 0 Å². The quantitative estimate of drug-likeness (QED) is 0.806. The molecule has 0 saturated carbocycles. The average Bonchev–Trinajstić information content (AvgIpc) is 2.84. The van der Waals surface area contributed by atoms with Gasteiger partial charge in [-0.1, -0.05) is 0 Å². The zero-order chi connectivity index (χ0) is 12.0. The van der Waals surface area contributed by atoms with Gasteiger partial charge in [0.15, 0.2) is 0 Å². The molecule has 0 radical (unpaired) electrons. The van der Waals surface area contributed by atoms with Gasteiger partial charge in [-0.3, -0.25) is 0 Å². The summed E-state index contributed by atoms with van der Waals surface area (Å²) in [6, 6.07) is 4.57. The molecule has 2 unspecified atom stereocenters. The lowest BCUT2D eigenvalue weighted by molar-refractivity contribution is 0.190. The summed E-state index contributed by atoms with van der Waals surface area (Å²) in [7, 11) is 1.88. The predicted molar refractivity (Wildman–Crippen MR) is 62.2 cm³/mol. The summed E-state index contributed by atoms with van der Waals surface area (Å²) < 4.78 is 20.4. The van der Waals surface area contributed by atoms with Crippen LogP contribution in [0.3, 0.4) is 0 Å². The van der Waals surface area contributed by atoms with Crippen molar-refractivity contribution in [3.05, 3.63) is 29.8 Å². The molecule has 90 valence electrons. The normalized spacial score (nSPS) is 24.6. The fourth-order valence-electron chi connectivity index (χ4n) is 2.35. The zero-order valence-electron chi connectivity index (χ0n) is 9.56. The molecule has 0 spiro atoms. The number of imidazole rings is 1. The molecule has 1 aromatic carbocycles. The molecule has 2 N–H and O–H groups in total. The standard InChI is InChI=1S/C12H14FN3O/c1-16-11-4-7(13)2-3-10(11)15-12(16)8-5-17-6-9(8)14/h2-4,8-9H,5-6,14H2,1H3. The van der Waals surface area contributed by atoms with E-state index in [9.17, 15) is 4.39 Å². The Morgan fingerprint density at radius 3 is 3.00 bits per heavy atom. The van der Waals surface area contributed by atoms with Gasteiger partial charge in [-0.2, -0.15) is 0 Å². The van der Waals surface area contributed by atoms with Crippen LogP contribution >= 0.6 is 0 Å². The van der Waals surface area contributed by atoms with Crippen molar-refractivity contribution in [2.24, 2.45) is 12.8 Å². The highest BCUT2D eigenvalue weighted by atomic mass is 19.1. The lowest BCUT2D eigenvalue weighted by atomic mass is 10.0. The van der Waals surface area contributed by atoms with Gasteiger partial charge < -0.3 is 15.0 Å². The van der Waals surface area contributed by atoms with E-state index in [0.29, 0.717) is 13.2 Å². The van der Waals surface area contributed by atoms with Crippen molar-refractivity contribution in [3.63, 3.8) is 0 Å². The van der Waals surface area contributed by atoms with Gasteiger partial charge in [-0.25, -0.2) is 9.37 Å². The van der Waals surface area contributed by atoms with Gasteiger partial charge >= 0.3 is 0 Å². The summed E-state index contributed by atoms with van der Waals surface area (Å²) >= 11 is 0. The number of hydrogen-bond donors (Lipinski definition) is 1. The molecular weight excluding hydrogens is 221 g/mol. The first kappa shape index (κ1) is 10.7. The van der Waals surface area contributed by atoms with Crippen molar-refractivity contribution in [3.8, 4) is 0 Å². The maximum absolute atomic E-state index is 13.2. The molecule has 0 aliphatic carbocycles. The van der Waals surface area contributed by atoms with E-state index in [2.05, 4.69) is 4.98 Å². The summed E-state index contributed by atoms with van der Waals surface area (Å²) in [6.45, 7) is 1.14. The Balaban J connectivity index is 2.14. The van der Waals surface area contributed by atoms with Gasteiger partial charge in [0.1, 0.15) is 11.6 Å². The second-order valence-electron chi connectivity index (χ2n) is 4.47. The number of nitrogens with two attached hydrogens (primary N) is 1. The van der Waals surface area contributed by atoms with Crippen LogP contribution in [0.5, 0.6) is 0 Å². The van der Waals surface area contributed by atoms with Gasteiger partial charge in [-0.15, -0.1) is 0 Å². The Bertz CT molecular complexity index is 566. The number of fused-ring (bicyclic) bond motifs is 1. The van der Waals surface area contributed by atoms with E-state index in [1.807, 2.05) is 11.6 Å². The molecule has 0 bridgehead atoms. The Kier molecular flexibility index (Phi) is 2.38. The van der Waals surface area contributed by atoms with Gasteiger partial charge in [0.2, 0.25) is 0 Å². The molecule has 2 aromatic rings. The van der Waals surface area contributed by atoms with Crippen molar-refractivity contribution in [2.45, 2.75) is 12.0 Å². The van der Waals surface area contributed by atoms with Crippen LogP contribution in [0, 0.1) is 5.82 Å². The molecular formula is C12H14FN3O. The lowest BCUT2D eigenvalue weighted by Gasteiger charge is -2.12. The van der Waals surface area contributed by atoms with E-state index in [-0.39, 0.29) is 17.8 Å². The highest BCUT2D eigenvalue weighted by Gasteiger charge is 2.30. The minimum Gasteiger partial charge on any atom is -0.379 e. The first-order chi connectivity index (χ1) is 8.16. The largest absolute Gasteiger partial charge is 0.379 e. The minimum atomic E-state index is -0.251. The fourth-order valence-corrected chi connectivity index (χ4v) is 2.35. The molecule has 3 rings (SSSR count). The van der Waals surface area contributed by atoms with Crippen LogP contribution in [0.4, 0.5) is 4.39 Å². The fraction of sp³-hybridized carbons (Fsp3) is 0.417. The zero-order valence-corrected chi connectivity index (χ0v) is 9.56. The smallest absolute Gasteiger partial charge is 0.125 e. The summed E-state index contributed by atoms with van der Waals surface area (Å²) in [5.74, 6) is 0.713. The summed E-state index contributed by atoms with van der Waals surface area (Å²) in [5.41, 5.74) is 7.56. The molecule has 5 heteroatoms. The number of nitrogens with zero attached hydrogens (tertiary/aromatic N) is 2. The Labute approximate surface area is 98.2 Å². The molecule has 4 nitrogen and oxygen atoms in total. The third kappa shape index (κ3) is 1.62. The summed E-state index contributed by atoms with van der Waals surface area (Å²) in [6.07, 6.45) is 0. The maximum atomic E-state index is 13.2. The number of aromatic nitrogens is 2. The Morgan fingerprint density at radius 2 is 2.29 bits per heavy atom. The maximum Gasteiger partial charge on any atom is 0.125 e. The van der Waals surface area contributed by atoms with Crippen molar-refractivity contribution in [1.29, 1.82) is 0 Å². The molecule has 1 fully saturated rings. The van der Waals surface area contributed by atoms with Crippen LogP contribution in [-0.2, 0) is 11.8 Å². The van der Waals surface area contributed by atoms with E-state index in [1.54, 1.807) is 6.07 Å². The lowest BCUT2D eigenvalue weighted by Crippen LogP contribution is -2.28.